The molecule has 0 saturated carbocycles. The molecule has 0 atom stereocenters. The number of aromatic nitrogens is 2. The summed E-state index contributed by atoms with van der Waals surface area (Å²) in [4.78, 5) is 20.0. The Labute approximate surface area is 128 Å². The summed E-state index contributed by atoms with van der Waals surface area (Å²) >= 11 is 5.83. The zero-order valence-electron chi connectivity index (χ0n) is 11.8. The van der Waals surface area contributed by atoms with Crippen LogP contribution in [0.25, 0.3) is 0 Å². The highest BCUT2D eigenvalue weighted by Crippen LogP contribution is 2.11. The van der Waals surface area contributed by atoms with Gasteiger partial charge in [-0.2, -0.15) is 0 Å². The predicted octanol–water partition coefficient (Wildman–Crippen LogP) is 2.88. The Bertz CT molecular complexity index is 584. The van der Waals surface area contributed by atoms with Gasteiger partial charge in [-0.1, -0.05) is 30.7 Å². The van der Waals surface area contributed by atoms with Gasteiger partial charge in [0.1, 0.15) is 11.5 Å². The Hall–Kier alpha value is -2.14. The molecule has 110 valence electrons. The lowest BCUT2D eigenvalue weighted by Gasteiger charge is -2.06. The molecule has 2 rings (SSSR count). The molecule has 0 saturated heterocycles. The summed E-state index contributed by atoms with van der Waals surface area (Å²) in [6.45, 7) is 3.25. The van der Waals surface area contributed by atoms with E-state index in [2.05, 4.69) is 20.6 Å². The molecular formula is C15H17ClN4O. The number of amides is 1. The highest BCUT2D eigenvalue weighted by atomic mass is 35.5. The van der Waals surface area contributed by atoms with Crippen LogP contribution in [0.15, 0.2) is 36.7 Å². The number of anilines is 1. The zero-order valence-corrected chi connectivity index (χ0v) is 12.5. The van der Waals surface area contributed by atoms with E-state index in [0.29, 0.717) is 29.6 Å². The Morgan fingerprint density at radius 1 is 1.19 bits per heavy atom. The van der Waals surface area contributed by atoms with Gasteiger partial charge in [0.15, 0.2) is 0 Å². The smallest absolute Gasteiger partial charge is 0.271 e. The first-order chi connectivity index (χ1) is 10.2. The number of halogens is 1. The number of nitrogens with one attached hydrogen (secondary N) is 2. The molecule has 0 aliphatic rings. The molecule has 0 fully saturated rings. The lowest BCUT2D eigenvalue weighted by atomic mass is 10.2. The highest BCUT2D eigenvalue weighted by molar-refractivity contribution is 6.30. The van der Waals surface area contributed by atoms with Gasteiger partial charge in [0.05, 0.1) is 12.4 Å². The van der Waals surface area contributed by atoms with Crippen LogP contribution in [0.5, 0.6) is 0 Å². The molecule has 0 aliphatic carbocycles. The van der Waals surface area contributed by atoms with Gasteiger partial charge in [-0.3, -0.25) is 4.79 Å². The van der Waals surface area contributed by atoms with Gasteiger partial charge >= 0.3 is 0 Å². The molecule has 0 radical (unpaired) electrons. The van der Waals surface area contributed by atoms with Crippen molar-refractivity contribution < 1.29 is 4.79 Å². The average Bonchev–Trinajstić information content (AvgIpc) is 2.52. The van der Waals surface area contributed by atoms with Crippen LogP contribution in [0.2, 0.25) is 5.02 Å². The average molecular weight is 305 g/mol. The summed E-state index contributed by atoms with van der Waals surface area (Å²) in [6.07, 6.45) is 3.91. The second-order valence-corrected chi connectivity index (χ2v) is 4.96. The van der Waals surface area contributed by atoms with Crippen LogP contribution in [0, 0.1) is 0 Å². The van der Waals surface area contributed by atoms with Crippen LogP contribution in [0.3, 0.4) is 0 Å². The third kappa shape index (κ3) is 4.72. The standard InChI is InChI=1S/C15H17ClN4O/c1-2-7-17-15(21)13-9-20-14(10-18-13)19-8-11-3-5-12(16)6-4-11/h3-6,9-10H,2,7-8H2,1H3,(H,17,21)(H,19,20). The minimum atomic E-state index is -0.200. The first kappa shape index (κ1) is 15.3. The summed E-state index contributed by atoms with van der Waals surface area (Å²) in [5.74, 6) is 0.422. The van der Waals surface area contributed by atoms with E-state index in [1.54, 1.807) is 6.20 Å². The van der Waals surface area contributed by atoms with Crippen molar-refractivity contribution in [3.8, 4) is 0 Å². The molecule has 1 heterocycles. The van der Waals surface area contributed by atoms with Crippen LogP contribution in [-0.2, 0) is 6.54 Å². The van der Waals surface area contributed by atoms with Gasteiger partial charge in [-0.15, -0.1) is 0 Å². The molecule has 2 aromatic rings. The van der Waals surface area contributed by atoms with Crippen molar-refractivity contribution in [1.29, 1.82) is 0 Å². The van der Waals surface area contributed by atoms with Crippen molar-refractivity contribution in [2.24, 2.45) is 0 Å². The third-order valence-corrected chi connectivity index (χ3v) is 3.06. The number of carbonyl (C=O) groups is 1. The molecular weight excluding hydrogens is 288 g/mol. The number of carbonyl (C=O) groups excluding carboxylic acids is 1. The minimum Gasteiger partial charge on any atom is -0.365 e. The molecule has 0 aliphatic heterocycles. The molecule has 2 N–H and O–H groups in total. The monoisotopic (exact) mass is 304 g/mol. The van der Waals surface area contributed by atoms with E-state index in [9.17, 15) is 4.79 Å². The van der Waals surface area contributed by atoms with E-state index >= 15 is 0 Å². The van der Waals surface area contributed by atoms with Gasteiger partial charge < -0.3 is 10.6 Å². The number of rotatable bonds is 6. The molecule has 1 amide bonds. The van der Waals surface area contributed by atoms with Crippen molar-refractivity contribution in [1.82, 2.24) is 15.3 Å². The quantitative estimate of drug-likeness (QED) is 0.861. The van der Waals surface area contributed by atoms with Gasteiger partial charge in [-0.25, -0.2) is 9.97 Å². The maximum Gasteiger partial charge on any atom is 0.271 e. The van der Waals surface area contributed by atoms with Crippen LogP contribution in [-0.4, -0.2) is 22.4 Å². The Balaban J connectivity index is 1.90. The van der Waals surface area contributed by atoms with E-state index in [0.717, 1.165) is 12.0 Å². The van der Waals surface area contributed by atoms with E-state index in [1.807, 2.05) is 31.2 Å². The van der Waals surface area contributed by atoms with Crippen molar-refractivity contribution in [2.75, 3.05) is 11.9 Å². The number of nitrogens with zero attached hydrogens (tertiary/aromatic N) is 2. The summed E-state index contributed by atoms with van der Waals surface area (Å²) in [6, 6.07) is 7.56. The molecule has 0 bridgehead atoms. The van der Waals surface area contributed by atoms with Crippen LogP contribution in [0.1, 0.15) is 29.4 Å². The van der Waals surface area contributed by atoms with Crippen molar-refractivity contribution in [2.45, 2.75) is 19.9 Å². The van der Waals surface area contributed by atoms with Gasteiger partial charge in [0, 0.05) is 18.1 Å². The number of hydrogen-bond acceptors (Lipinski definition) is 4. The van der Waals surface area contributed by atoms with E-state index in [-0.39, 0.29) is 5.91 Å². The SMILES string of the molecule is CCCNC(=O)c1cnc(NCc2ccc(Cl)cc2)cn1. The van der Waals surface area contributed by atoms with Crippen molar-refractivity contribution in [3.63, 3.8) is 0 Å². The van der Waals surface area contributed by atoms with Crippen LogP contribution >= 0.6 is 11.6 Å². The van der Waals surface area contributed by atoms with Gasteiger partial charge in [-0.05, 0) is 24.1 Å². The summed E-state index contributed by atoms with van der Waals surface area (Å²) in [5.41, 5.74) is 1.41. The predicted molar refractivity (Wildman–Crippen MR) is 83.4 cm³/mol. The van der Waals surface area contributed by atoms with E-state index in [4.69, 9.17) is 11.6 Å². The lowest BCUT2D eigenvalue weighted by Crippen LogP contribution is -2.25. The zero-order chi connectivity index (χ0) is 15.1. The highest BCUT2D eigenvalue weighted by Gasteiger charge is 2.06. The van der Waals surface area contributed by atoms with Crippen LogP contribution in [0.4, 0.5) is 5.82 Å². The topological polar surface area (TPSA) is 66.9 Å². The largest absolute Gasteiger partial charge is 0.365 e. The second-order valence-electron chi connectivity index (χ2n) is 4.52. The van der Waals surface area contributed by atoms with E-state index < -0.39 is 0 Å². The normalized spacial score (nSPS) is 10.2. The Kier molecular flexibility index (Phi) is 5.51. The first-order valence-corrected chi connectivity index (χ1v) is 7.15. The van der Waals surface area contributed by atoms with Crippen molar-refractivity contribution >= 4 is 23.3 Å². The van der Waals surface area contributed by atoms with Gasteiger partial charge in [0.2, 0.25) is 0 Å². The van der Waals surface area contributed by atoms with E-state index in [1.165, 1.54) is 6.20 Å². The minimum absolute atomic E-state index is 0.200. The Morgan fingerprint density at radius 2 is 1.95 bits per heavy atom. The molecule has 21 heavy (non-hydrogen) atoms. The summed E-state index contributed by atoms with van der Waals surface area (Å²) < 4.78 is 0. The second kappa shape index (κ2) is 7.59. The van der Waals surface area contributed by atoms with Crippen LogP contribution < -0.4 is 10.6 Å². The molecule has 6 heteroatoms. The Morgan fingerprint density at radius 3 is 2.57 bits per heavy atom. The molecule has 0 unspecified atom stereocenters. The van der Waals surface area contributed by atoms with Crippen molar-refractivity contribution in [3.05, 3.63) is 52.9 Å². The first-order valence-electron chi connectivity index (χ1n) is 6.77. The molecule has 1 aromatic heterocycles. The van der Waals surface area contributed by atoms with Gasteiger partial charge in [0.25, 0.3) is 5.91 Å². The molecule has 5 nitrogen and oxygen atoms in total. The molecule has 0 spiro atoms. The fourth-order valence-electron chi connectivity index (χ4n) is 1.66. The fourth-order valence-corrected chi connectivity index (χ4v) is 1.79. The number of benzene rings is 1. The third-order valence-electron chi connectivity index (χ3n) is 2.81. The summed E-state index contributed by atoms with van der Waals surface area (Å²) in [7, 11) is 0. The maximum atomic E-state index is 11.7. The summed E-state index contributed by atoms with van der Waals surface area (Å²) in [5, 5.41) is 6.61. The number of hydrogen-bond donors (Lipinski definition) is 2. The lowest BCUT2D eigenvalue weighted by molar-refractivity contribution is 0.0948. The molecule has 1 aromatic carbocycles. The fraction of sp³-hybridized carbons (Fsp3) is 0.267. The maximum absolute atomic E-state index is 11.7.